The van der Waals surface area contributed by atoms with Crippen LogP contribution in [-0.2, 0) is 6.61 Å². The van der Waals surface area contributed by atoms with Crippen molar-refractivity contribution in [3.63, 3.8) is 0 Å². The number of para-hydroxylation sites is 1. The molecular formula is C13H9BrN2O2S. The molecule has 0 atom stereocenters. The molecule has 0 saturated carbocycles. The van der Waals surface area contributed by atoms with Crippen molar-refractivity contribution in [1.82, 2.24) is 9.38 Å². The maximum atomic E-state index is 11.8. The molecule has 0 aliphatic heterocycles. The largest absolute Gasteiger partial charge is 0.486 e. The molecule has 6 heteroatoms. The molecule has 0 fully saturated rings. The van der Waals surface area contributed by atoms with Crippen LogP contribution in [-0.4, -0.2) is 9.38 Å². The Morgan fingerprint density at radius 1 is 1.37 bits per heavy atom. The van der Waals surface area contributed by atoms with Crippen molar-refractivity contribution in [1.29, 1.82) is 0 Å². The highest BCUT2D eigenvalue weighted by atomic mass is 79.9. The maximum Gasteiger partial charge on any atom is 0.258 e. The van der Waals surface area contributed by atoms with E-state index >= 15 is 0 Å². The molecular weight excluding hydrogens is 328 g/mol. The number of ether oxygens (including phenoxy) is 1. The molecule has 4 nitrogen and oxygen atoms in total. The van der Waals surface area contributed by atoms with E-state index in [-0.39, 0.29) is 12.2 Å². The molecule has 0 spiro atoms. The molecule has 3 rings (SSSR count). The molecule has 3 aromatic rings. The predicted octanol–water partition coefficient (Wildman–Crippen LogP) is 3.10. The molecule has 0 amide bonds. The van der Waals surface area contributed by atoms with Crippen LogP contribution in [0.4, 0.5) is 0 Å². The first-order chi connectivity index (χ1) is 9.24. The van der Waals surface area contributed by atoms with E-state index in [0.717, 1.165) is 10.2 Å². The van der Waals surface area contributed by atoms with Crippen LogP contribution in [0.3, 0.4) is 0 Å². The van der Waals surface area contributed by atoms with Crippen molar-refractivity contribution in [3.8, 4) is 5.75 Å². The number of rotatable bonds is 3. The van der Waals surface area contributed by atoms with E-state index in [1.165, 1.54) is 21.8 Å². The summed E-state index contributed by atoms with van der Waals surface area (Å²) in [4.78, 5) is 16.9. The number of thiazole rings is 1. The summed E-state index contributed by atoms with van der Waals surface area (Å²) in [5.74, 6) is 0.732. The maximum absolute atomic E-state index is 11.8. The zero-order valence-corrected chi connectivity index (χ0v) is 12.1. The Balaban J connectivity index is 1.86. The van der Waals surface area contributed by atoms with E-state index in [2.05, 4.69) is 20.9 Å². The molecule has 0 N–H and O–H groups in total. The Bertz CT molecular complexity index is 781. The minimum atomic E-state index is -0.0861. The molecule has 0 radical (unpaired) electrons. The summed E-state index contributed by atoms with van der Waals surface area (Å²) in [7, 11) is 0. The fourth-order valence-corrected chi connectivity index (χ4v) is 2.81. The van der Waals surface area contributed by atoms with Crippen LogP contribution in [0.5, 0.6) is 5.75 Å². The van der Waals surface area contributed by atoms with E-state index in [0.29, 0.717) is 10.7 Å². The quantitative estimate of drug-likeness (QED) is 0.738. The molecule has 0 bridgehead atoms. The van der Waals surface area contributed by atoms with Gasteiger partial charge in [-0.15, -0.1) is 11.3 Å². The lowest BCUT2D eigenvalue weighted by molar-refractivity contribution is 0.299. The van der Waals surface area contributed by atoms with E-state index in [1.807, 2.05) is 29.6 Å². The minimum Gasteiger partial charge on any atom is -0.486 e. The Hall–Kier alpha value is -1.66. The van der Waals surface area contributed by atoms with Crippen molar-refractivity contribution in [2.24, 2.45) is 0 Å². The van der Waals surface area contributed by atoms with Crippen molar-refractivity contribution in [2.75, 3.05) is 0 Å². The van der Waals surface area contributed by atoms with Gasteiger partial charge in [0.25, 0.3) is 5.56 Å². The SMILES string of the molecule is O=c1cc(COc2ccccc2Br)nc2sccn12. The van der Waals surface area contributed by atoms with Gasteiger partial charge in [0.2, 0.25) is 0 Å². The van der Waals surface area contributed by atoms with Crippen LogP contribution >= 0.6 is 27.3 Å². The first-order valence-corrected chi connectivity index (χ1v) is 7.24. The number of fused-ring (bicyclic) bond motifs is 1. The molecule has 0 saturated heterocycles. The van der Waals surface area contributed by atoms with Gasteiger partial charge < -0.3 is 4.74 Å². The average Bonchev–Trinajstić information content (AvgIpc) is 2.87. The first-order valence-electron chi connectivity index (χ1n) is 5.57. The van der Waals surface area contributed by atoms with E-state index in [4.69, 9.17) is 4.74 Å². The van der Waals surface area contributed by atoms with Gasteiger partial charge in [-0.3, -0.25) is 9.20 Å². The van der Waals surface area contributed by atoms with Gasteiger partial charge in [-0.2, -0.15) is 0 Å². The number of halogens is 1. The summed E-state index contributed by atoms with van der Waals surface area (Å²) in [6.45, 7) is 0.270. The van der Waals surface area contributed by atoms with Gasteiger partial charge in [0.1, 0.15) is 12.4 Å². The summed E-state index contributed by atoms with van der Waals surface area (Å²) in [5, 5.41) is 1.84. The number of hydrogen-bond donors (Lipinski definition) is 0. The fourth-order valence-electron chi connectivity index (χ4n) is 1.68. The third-order valence-corrected chi connectivity index (χ3v) is 3.98. The molecule has 2 aromatic heterocycles. The molecule has 2 heterocycles. The third-order valence-electron chi connectivity index (χ3n) is 2.57. The Morgan fingerprint density at radius 3 is 3.05 bits per heavy atom. The topological polar surface area (TPSA) is 43.6 Å². The van der Waals surface area contributed by atoms with Crippen LogP contribution in [0.1, 0.15) is 5.69 Å². The normalized spacial score (nSPS) is 10.8. The average molecular weight is 337 g/mol. The summed E-state index contributed by atoms with van der Waals surface area (Å²) in [6, 6.07) is 9.07. The fraction of sp³-hybridized carbons (Fsp3) is 0.0769. The number of nitrogens with zero attached hydrogens (tertiary/aromatic N) is 2. The van der Waals surface area contributed by atoms with Crippen molar-refractivity contribution in [2.45, 2.75) is 6.61 Å². The molecule has 0 aliphatic carbocycles. The lowest BCUT2D eigenvalue weighted by Crippen LogP contribution is -2.14. The summed E-state index contributed by atoms with van der Waals surface area (Å²) in [6.07, 6.45) is 1.72. The second kappa shape index (κ2) is 5.14. The monoisotopic (exact) mass is 336 g/mol. The van der Waals surface area contributed by atoms with E-state index < -0.39 is 0 Å². The standard InChI is InChI=1S/C13H9BrN2O2S/c14-10-3-1-2-4-11(10)18-8-9-7-12(17)16-5-6-19-13(16)15-9/h1-7H,8H2. The Kier molecular flexibility index (Phi) is 3.35. The van der Waals surface area contributed by atoms with Crippen LogP contribution < -0.4 is 10.3 Å². The third kappa shape index (κ3) is 2.54. The van der Waals surface area contributed by atoms with Gasteiger partial charge in [0.05, 0.1) is 10.2 Å². The zero-order valence-electron chi connectivity index (χ0n) is 9.75. The van der Waals surface area contributed by atoms with Crippen LogP contribution in [0.15, 0.2) is 51.2 Å². The number of aromatic nitrogens is 2. The van der Waals surface area contributed by atoms with Crippen molar-refractivity contribution >= 4 is 32.2 Å². The van der Waals surface area contributed by atoms with Gasteiger partial charge in [0.15, 0.2) is 4.96 Å². The molecule has 96 valence electrons. The first kappa shape index (κ1) is 12.4. The zero-order chi connectivity index (χ0) is 13.2. The van der Waals surface area contributed by atoms with Gasteiger partial charge >= 0.3 is 0 Å². The Morgan fingerprint density at radius 2 is 2.21 bits per heavy atom. The second-order valence-electron chi connectivity index (χ2n) is 3.86. The summed E-state index contributed by atoms with van der Waals surface area (Å²) >= 11 is 4.84. The van der Waals surface area contributed by atoms with Crippen LogP contribution in [0.2, 0.25) is 0 Å². The molecule has 1 aromatic carbocycles. The molecule has 0 aliphatic rings. The highest BCUT2D eigenvalue weighted by Crippen LogP contribution is 2.24. The second-order valence-corrected chi connectivity index (χ2v) is 5.59. The summed E-state index contributed by atoms with van der Waals surface area (Å²) in [5.41, 5.74) is 0.542. The van der Waals surface area contributed by atoms with Crippen molar-refractivity contribution < 1.29 is 4.74 Å². The van der Waals surface area contributed by atoms with Crippen LogP contribution in [0.25, 0.3) is 4.96 Å². The van der Waals surface area contributed by atoms with Gasteiger partial charge in [-0.05, 0) is 28.1 Å². The van der Waals surface area contributed by atoms with Gasteiger partial charge in [-0.25, -0.2) is 4.98 Å². The highest BCUT2D eigenvalue weighted by molar-refractivity contribution is 9.10. The van der Waals surface area contributed by atoms with Gasteiger partial charge in [0, 0.05) is 17.6 Å². The molecule has 0 unspecified atom stereocenters. The number of benzene rings is 1. The smallest absolute Gasteiger partial charge is 0.258 e. The summed E-state index contributed by atoms with van der Waals surface area (Å²) < 4.78 is 8.05. The predicted molar refractivity (Wildman–Crippen MR) is 77.8 cm³/mol. The van der Waals surface area contributed by atoms with E-state index in [9.17, 15) is 4.79 Å². The molecule has 19 heavy (non-hydrogen) atoms. The van der Waals surface area contributed by atoms with E-state index in [1.54, 1.807) is 6.20 Å². The lowest BCUT2D eigenvalue weighted by atomic mass is 10.3. The lowest BCUT2D eigenvalue weighted by Gasteiger charge is -2.07. The van der Waals surface area contributed by atoms with Crippen molar-refractivity contribution in [3.05, 3.63) is 62.4 Å². The van der Waals surface area contributed by atoms with Crippen LogP contribution in [0, 0.1) is 0 Å². The number of hydrogen-bond acceptors (Lipinski definition) is 4. The highest BCUT2D eigenvalue weighted by Gasteiger charge is 2.05. The van der Waals surface area contributed by atoms with Gasteiger partial charge in [-0.1, -0.05) is 12.1 Å². The Labute approximate surface area is 121 Å². The minimum absolute atomic E-state index is 0.0861.